The number of ether oxygens (including phenoxy) is 1. The number of carbonyl (C=O) groups is 1. The van der Waals surface area contributed by atoms with Crippen molar-refractivity contribution in [2.24, 2.45) is 0 Å². The molecule has 0 saturated heterocycles. The Labute approximate surface area is 204 Å². The summed E-state index contributed by atoms with van der Waals surface area (Å²) in [4.78, 5) is 17.5. The van der Waals surface area contributed by atoms with E-state index in [9.17, 15) is 4.79 Å². The molecule has 7 nitrogen and oxygen atoms in total. The van der Waals surface area contributed by atoms with Gasteiger partial charge in [0.25, 0.3) is 0 Å². The van der Waals surface area contributed by atoms with Crippen molar-refractivity contribution in [1.82, 2.24) is 24.3 Å². The molecule has 34 heavy (non-hydrogen) atoms. The van der Waals surface area contributed by atoms with Gasteiger partial charge in [0.2, 0.25) is 0 Å². The number of Topliss-reactive ketones (excluding diaryl/α,β-unsaturated/α-hetero) is 1. The molecule has 0 radical (unpaired) electrons. The third-order valence-electron chi connectivity index (χ3n) is 5.88. The second-order valence-electron chi connectivity index (χ2n) is 8.34. The van der Waals surface area contributed by atoms with Gasteiger partial charge < -0.3 is 9.30 Å². The molecule has 0 fully saturated rings. The minimum Gasteiger partial charge on any atom is -0.383 e. The predicted molar refractivity (Wildman–Crippen MR) is 135 cm³/mol. The summed E-state index contributed by atoms with van der Waals surface area (Å²) in [7, 11) is 1.69. The van der Waals surface area contributed by atoms with Crippen molar-refractivity contribution in [2.75, 3.05) is 19.5 Å². The lowest BCUT2D eigenvalue weighted by molar-refractivity contribution is 0.102. The third kappa shape index (κ3) is 4.69. The lowest BCUT2D eigenvalue weighted by atomic mass is 10.2. The van der Waals surface area contributed by atoms with E-state index in [4.69, 9.17) is 4.74 Å². The number of rotatable bonds is 9. The van der Waals surface area contributed by atoms with E-state index < -0.39 is 0 Å². The Balaban J connectivity index is 1.65. The second kappa shape index (κ2) is 10.4. The molecule has 0 amide bonds. The number of ketones is 1. The van der Waals surface area contributed by atoms with Crippen LogP contribution in [-0.4, -0.2) is 49.6 Å². The number of pyridine rings is 1. The van der Waals surface area contributed by atoms with E-state index in [0.717, 1.165) is 33.8 Å². The minimum absolute atomic E-state index is 0.0660. The van der Waals surface area contributed by atoms with E-state index in [1.54, 1.807) is 19.5 Å². The van der Waals surface area contributed by atoms with Gasteiger partial charge in [0.1, 0.15) is 0 Å². The lowest BCUT2D eigenvalue weighted by Gasteiger charge is -2.17. The minimum atomic E-state index is 0.0660. The summed E-state index contributed by atoms with van der Waals surface area (Å²) in [5.74, 6) is 1.03. The Morgan fingerprint density at radius 3 is 2.62 bits per heavy atom. The molecule has 4 aromatic rings. The van der Waals surface area contributed by atoms with E-state index in [-0.39, 0.29) is 17.6 Å². The Bertz CT molecular complexity index is 1300. The summed E-state index contributed by atoms with van der Waals surface area (Å²) in [6.45, 7) is 8.76. The zero-order chi connectivity index (χ0) is 24.2. The van der Waals surface area contributed by atoms with Crippen LogP contribution in [0.15, 0.2) is 60.0 Å². The molecular weight excluding hydrogens is 446 g/mol. The molecule has 1 atom stereocenters. The molecule has 3 heterocycles. The molecule has 0 bridgehead atoms. The van der Waals surface area contributed by atoms with Crippen LogP contribution < -0.4 is 0 Å². The van der Waals surface area contributed by atoms with Crippen LogP contribution in [0.5, 0.6) is 0 Å². The first-order chi connectivity index (χ1) is 16.4. The molecule has 3 aromatic heterocycles. The highest BCUT2D eigenvalue weighted by Gasteiger charge is 2.22. The number of hydrogen-bond acceptors (Lipinski definition) is 6. The number of hydrogen-bond donors (Lipinski definition) is 0. The summed E-state index contributed by atoms with van der Waals surface area (Å²) in [6.07, 6.45) is 3.50. The molecule has 0 aliphatic rings. The summed E-state index contributed by atoms with van der Waals surface area (Å²) < 4.78 is 9.49. The quantitative estimate of drug-likeness (QED) is 0.243. The van der Waals surface area contributed by atoms with E-state index in [1.807, 2.05) is 54.8 Å². The lowest BCUT2D eigenvalue weighted by Crippen LogP contribution is -2.15. The number of thioether (sulfide) groups is 1. The second-order valence-corrected chi connectivity index (χ2v) is 9.28. The largest absolute Gasteiger partial charge is 0.383 e. The molecule has 176 valence electrons. The molecule has 0 unspecified atom stereocenters. The molecule has 0 saturated carbocycles. The van der Waals surface area contributed by atoms with Gasteiger partial charge in [-0.1, -0.05) is 30.0 Å². The van der Waals surface area contributed by atoms with Gasteiger partial charge in [0.05, 0.1) is 24.1 Å². The Hall–Kier alpha value is -3.23. The maximum Gasteiger partial charge on any atom is 0.196 e. The summed E-state index contributed by atoms with van der Waals surface area (Å²) in [5.41, 5.74) is 5.69. The third-order valence-corrected chi connectivity index (χ3v) is 6.80. The van der Waals surface area contributed by atoms with E-state index in [2.05, 4.69) is 39.7 Å². The van der Waals surface area contributed by atoms with Gasteiger partial charge in [-0.05, 0) is 57.5 Å². The van der Waals surface area contributed by atoms with E-state index in [1.165, 1.54) is 11.8 Å². The first kappa shape index (κ1) is 23.9. The van der Waals surface area contributed by atoms with Gasteiger partial charge in [-0.3, -0.25) is 14.3 Å². The van der Waals surface area contributed by atoms with Crippen molar-refractivity contribution in [2.45, 2.75) is 38.9 Å². The zero-order valence-electron chi connectivity index (χ0n) is 20.1. The van der Waals surface area contributed by atoms with E-state index >= 15 is 0 Å². The molecule has 8 heteroatoms. The average molecular weight is 476 g/mol. The van der Waals surface area contributed by atoms with Crippen LogP contribution in [0.1, 0.15) is 40.3 Å². The topological polar surface area (TPSA) is 74.8 Å². The fourth-order valence-electron chi connectivity index (χ4n) is 4.34. The Morgan fingerprint density at radius 1 is 1.12 bits per heavy atom. The number of nitrogens with zero attached hydrogens (tertiary/aromatic N) is 5. The van der Waals surface area contributed by atoms with Crippen molar-refractivity contribution < 1.29 is 9.53 Å². The fraction of sp³-hybridized carbons (Fsp3) is 0.308. The van der Waals surface area contributed by atoms with Gasteiger partial charge in [-0.15, -0.1) is 10.2 Å². The highest BCUT2D eigenvalue weighted by atomic mass is 32.2. The van der Waals surface area contributed by atoms with E-state index in [0.29, 0.717) is 17.6 Å². The van der Waals surface area contributed by atoms with Crippen LogP contribution in [-0.2, 0) is 4.74 Å². The highest BCUT2D eigenvalue weighted by molar-refractivity contribution is 7.99. The smallest absolute Gasteiger partial charge is 0.196 e. The highest BCUT2D eigenvalue weighted by Crippen LogP contribution is 2.30. The number of carbonyl (C=O) groups excluding carboxylic acids is 1. The number of para-hydroxylation sites is 1. The van der Waals surface area contributed by atoms with Crippen LogP contribution in [0.3, 0.4) is 0 Å². The SMILES string of the molecule is COC[C@@H](C)n1c(C)cc(C(=O)CSc2nnc(-c3cccnc3)n2-c2ccccc2C)c1C. The Kier molecular flexibility index (Phi) is 7.29. The summed E-state index contributed by atoms with van der Waals surface area (Å²) >= 11 is 1.40. The monoisotopic (exact) mass is 475 g/mol. The van der Waals surface area contributed by atoms with Gasteiger partial charge in [-0.25, -0.2) is 0 Å². The molecule has 0 spiro atoms. The van der Waals surface area contributed by atoms with Gasteiger partial charge in [0, 0.05) is 42.0 Å². The number of aromatic nitrogens is 5. The van der Waals surface area contributed by atoms with Crippen molar-refractivity contribution in [3.8, 4) is 17.1 Å². The van der Waals surface area contributed by atoms with Crippen LogP contribution in [0.4, 0.5) is 0 Å². The van der Waals surface area contributed by atoms with Crippen LogP contribution in [0.2, 0.25) is 0 Å². The fourth-order valence-corrected chi connectivity index (χ4v) is 5.17. The summed E-state index contributed by atoms with van der Waals surface area (Å²) in [5, 5.41) is 9.57. The number of aryl methyl sites for hydroxylation is 2. The average Bonchev–Trinajstić information content (AvgIpc) is 3.38. The standard InChI is InChI=1S/C26H29N5O2S/c1-17-9-6-7-11-23(17)31-25(21-10-8-12-27-14-21)28-29-26(31)34-16-24(32)22-13-18(2)30(20(22)4)19(3)15-33-5/h6-14,19H,15-16H2,1-5H3/t19-/m1/s1. The molecule has 0 aliphatic heterocycles. The zero-order valence-corrected chi connectivity index (χ0v) is 21.0. The van der Waals surface area contributed by atoms with Gasteiger partial charge >= 0.3 is 0 Å². The van der Waals surface area contributed by atoms with Gasteiger partial charge in [0.15, 0.2) is 16.8 Å². The first-order valence-corrected chi connectivity index (χ1v) is 12.2. The summed E-state index contributed by atoms with van der Waals surface area (Å²) in [6, 6.07) is 14.1. The van der Waals surface area contributed by atoms with Crippen LogP contribution in [0.25, 0.3) is 17.1 Å². The Morgan fingerprint density at radius 2 is 1.91 bits per heavy atom. The first-order valence-electron chi connectivity index (χ1n) is 11.2. The normalized spacial score (nSPS) is 12.1. The van der Waals surface area contributed by atoms with Gasteiger partial charge in [-0.2, -0.15) is 0 Å². The molecule has 0 N–H and O–H groups in total. The van der Waals surface area contributed by atoms with Crippen molar-refractivity contribution >= 4 is 17.5 Å². The van der Waals surface area contributed by atoms with Crippen LogP contribution in [0, 0.1) is 20.8 Å². The molecular formula is C26H29N5O2S. The maximum absolute atomic E-state index is 13.2. The van der Waals surface area contributed by atoms with Crippen molar-refractivity contribution in [3.05, 3.63) is 77.4 Å². The number of methoxy groups -OCH3 is 1. The van der Waals surface area contributed by atoms with Crippen molar-refractivity contribution in [1.29, 1.82) is 0 Å². The number of benzene rings is 1. The molecule has 4 rings (SSSR count). The molecule has 1 aromatic carbocycles. The maximum atomic E-state index is 13.2. The molecule has 0 aliphatic carbocycles. The van der Waals surface area contributed by atoms with Crippen LogP contribution >= 0.6 is 11.8 Å². The van der Waals surface area contributed by atoms with Crippen molar-refractivity contribution in [3.63, 3.8) is 0 Å². The predicted octanol–water partition coefficient (Wildman–Crippen LogP) is 5.24.